The van der Waals surface area contributed by atoms with Crippen molar-refractivity contribution in [1.29, 1.82) is 0 Å². The van der Waals surface area contributed by atoms with Gasteiger partial charge in [-0.2, -0.15) is 0 Å². The van der Waals surface area contributed by atoms with Crippen LogP contribution < -0.4 is 5.73 Å². The van der Waals surface area contributed by atoms with E-state index in [4.69, 9.17) is 5.73 Å². The average Bonchev–Trinajstić information content (AvgIpc) is 3.08. The highest BCUT2D eigenvalue weighted by Crippen LogP contribution is 2.24. The fourth-order valence-corrected chi connectivity index (χ4v) is 3.69. The van der Waals surface area contributed by atoms with Gasteiger partial charge in [-0.15, -0.1) is 5.10 Å². The number of nitrogens with two attached hydrogens (primary N) is 1. The van der Waals surface area contributed by atoms with E-state index in [-0.39, 0.29) is 11.9 Å². The van der Waals surface area contributed by atoms with Crippen molar-refractivity contribution in [2.75, 3.05) is 13.1 Å². The normalized spacial score (nSPS) is 17.6. The number of hydrogen-bond donors (Lipinski definition) is 1. The monoisotopic (exact) mass is 350 g/mol. The second-order valence-corrected chi connectivity index (χ2v) is 6.69. The summed E-state index contributed by atoms with van der Waals surface area (Å²) < 4.78 is 1.73. The first-order chi connectivity index (χ1) is 12.7. The molecule has 0 aliphatic carbocycles. The smallest absolute Gasteiger partial charge is 0.276 e. The number of hydrogen-bond acceptors (Lipinski definition) is 5. The number of rotatable bonds is 3. The van der Waals surface area contributed by atoms with Crippen LogP contribution in [0.3, 0.4) is 0 Å². The molecule has 1 atom stereocenters. The molecule has 1 unspecified atom stereocenters. The van der Waals surface area contributed by atoms with E-state index in [2.05, 4.69) is 15.3 Å². The minimum atomic E-state index is -0.0780. The summed E-state index contributed by atoms with van der Waals surface area (Å²) in [5.41, 5.74) is 7.89. The Hall–Kier alpha value is -2.80. The van der Waals surface area contributed by atoms with Gasteiger partial charge in [-0.3, -0.25) is 9.78 Å². The summed E-state index contributed by atoms with van der Waals surface area (Å²) in [5, 5.41) is 10.5. The van der Waals surface area contributed by atoms with E-state index in [1.165, 1.54) is 0 Å². The van der Waals surface area contributed by atoms with Crippen LogP contribution in [0, 0.1) is 6.92 Å². The van der Waals surface area contributed by atoms with Gasteiger partial charge in [-0.1, -0.05) is 17.3 Å². The van der Waals surface area contributed by atoms with E-state index in [1.54, 1.807) is 10.9 Å². The highest BCUT2D eigenvalue weighted by Gasteiger charge is 2.30. The summed E-state index contributed by atoms with van der Waals surface area (Å²) in [6, 6.07) is 7.97. The molecule has 1 aliphatic rings. The lowest BCUT2D eigenvalue weighted by Crippen LogP contribution is -2.47. The van der Waals surface area contributed by atoms with Crippen LogP contribution in [0.4, 0.5) is 0 Å². The zero-order chi connectivity index (χ0) is 18.1. The lowest BCUT2D eigenvalue weighted by Gasteiger charge is -2.34. The molecule has 1 aliphatic heterocycles. The number of aromatic nitrogens is 4. The van der Waals surface area contributed by atoms with Crippen molar-refractivity contribution in [3.8, 4) is 5.69 Å². The van der Waals surface area contributed by atoms with Gasteiger partial charge in [0.05, 0.1) is 11.4 Å². The van der Waals surface area contributed by atoms with E-state index < -0.39 is 0 Å². The van der Waals surface area contributed by atoms with Crippen LogP contribution in [-0.2, 0) is 0 Å². The lowest BCUT2D eigenvalue weighted by atomic mass is 10.0. The topological polar surface area (TPSA) is 89.9 Å². The Labute approximate surface area is 151 Å². The van der Waals surface area contributed by atoms with Gasteiger partial charge in [0, 0.05) is 42.3 Å². The third kappa shape index (κ3) is 2.74. The number of benzene rings is 1. The van der Waals surface area contributed by atoms with Crippen LogP contribution >= 0.6 is 0 Å². The van der Waals surface area contributed by atoms with Crippen LogP contribution in [0.15, 0.2) is 36.7 Å². The molecule has 3 heterocycles. The fraction of sp³-hybridized carbons (Fsp3) is 0.368. The molecule has 7 nitrogen and oxygen atoms in total. The molecule has 1 saturated heterocycles. The van der Waals surface area contributed by atoms with Crippen LogP contribution in [0.1, 0.15) is 35.4 Å². The van der Waals surface area contributed by atoms with E-state index >= 15 is 0 Å². The van der Waals surface area contributed by atoms with Gasteiger partial charge in [0.2, 0.25) is 0 Å². The zero-order valence-corrected chi connectivity index (χ0v) is 14.8. The number of fused-ring (bicyclic) bond motifs is 1. The van der Waals surface area contributed by atoms with Crippen molar-refractivity contribution in [3.63, 3.8) is 0 Å². The molecule has 1 amide bonds. The quantitative estimate of drug-likeness (QED) is 0.781. The molecule has 0 radical (unpaired) electrons. The Kier molecular flexibility index (Phi) is 4.38. The van der Waals surface area contributed by atoms with Crippen LogP contribution in [0.5, 0.6) is 0 Å². The van der Waals surface area contributed by atoms with Crippen LogP contribution in [0.2, 0.25) is 0 Å². The highest BCUT2D eigenvalue weighted by molar-refractivity contribution is 5.94. The van der Waals surface area contributed by atoms with Crippen molar-refractivity contribution in [1.82, 2.24) is 24.9 Å². The molecule has 1 fully saturated rings. The summed E-state index contributed by atoms with van der Waals surface area (Å²) in [6.07, 6.45) is 6.64. The largest absolute Gasteiger partial charge is 0.333 e. The molecule has 3 aromatic rings. The Balaban J connectivity index is 1.73. The van der Waals surface area contributed by atoms with Gasteiger partial charge < -0.3 is 10.6 Å². The van der Waals surface area contributed by atoms with Crippen molar-refractivity contribution in [2.45, 2.75) is 32.2 Å². The number of pyridine rings is 1. The van der Waals surface area contributed by atoms with Crippen LogP contribution in [0.25, 0.3) is 16.5 Å². The number of carbonyl (C=O) groups excluding carboxylic acids is 1. The van der Waals surface area contributed by atoms with Gasteiger partial charge >= 0.3 is 0 Å². The molecule has 2 N–H and O–H groups in total. The highest BCUT2D eigenvalue weighted by atomic mass is 16.2. The summed E-state index contributed by atoms with van der Waals surface area (Å²) in [5.74, 6) is -0.0780. The molecule has 0 saturated carbocycles. The standard InChI is InChI=1S/C19H22N6O/c1-13-18(19(26)24-10-3-2-6-15(24)11-20)22-23-25(13)17-7-4-5-14-12-21-9-8-16(14)17/h4-5,7-9,12,15H,2-3,6,10-11,20H2,1H3. The molecule has 1 aromatic carbocycles. The van der Waals surface area contributed by atoms with E-state index in [1.807, 2.05) is 42.3 Å². The maximum Gasteiger partial charge on any atom is 0.276 e. The Morgan fingerprint density at radius 1 is 1.31 bits per heavy atom. The van der Waals surface area contributed by atoms with Gasteiger partial charge in [-0.05, 0) is 38.3 Å². The first kappa shape index (κ1) is 16.7. The van der Waals surface area contributed by atoms with Gasteiger partial charge in [0.25, 0.3) is 5.91 Å². The van der Waals surface area contributed by atoms with Crippen molar-refractivity contribution >= 4 is 16.7 Å². The molecule has 0 bridgehead atoms. The van der Waals surface area contributed by atoms with E-state index in [9.17, 15) is 4.79 Å². The van der Waals surface area contributed by atoms with Crippen molar-refractivity contribution in [3.05, 3.63) is 48.0 Å². The molecule has 134 valence electrons. The lowest BCUT2D eigenvalue weighted by molar-refractivity contribution is 0.0616. The number of likely N-dealkylation sites (tertiary alicyclic amines) is 1. The molecule has 2 aromatic heterocycles. The van der Waals surface area contributed by atoms with Gasteiger partial charge in [0.1, 0.15) is 0 Å². The zero-order valence-electron chi connectivity index (χ0n) is 14.8. The third-order valence-electron chi connectivity index (χ3n) is 5.14. The number of piperidine rings is 1. The first-order valence-corrected chi connectivity index (χ1v) is 8.97. The maximum absolute atomic E-state index is 13.0. The maximum atomic E-state index is 13.0. The Morgan fingerprint density at radius 3 is 3.04 bits per heavy atom. The van der Waals surface area contributed by atoms with Gasteiger partial charge in [-0.25, -0.2) is 4.68 Å². The Morgan fingerprint density at radius 2 is 2.19 bits per heavy atom. The number of carbonyl (C=O) groups is 1. The SMILES string of the molecule is Cc1c(C(=O)N2CCCCC2CN)nnn1-c1cccc2cnccc12. The molecule has 7 heteroatoms. The molecule has 26 heavy (non-hydrogen) atoms. The number of nitrogens with zero attached hydrogens (tertiary/aromatic N) is 5. The molecular formula is C19H22N6O. The summed E-state index contributed by atoms with van der Waals surface area (Å²) in [7, 11) is 0. The van der Waals surface area contributed by atoms with Crippen LogP contribution in [-0.4, -0.2) is 49.9 Å². The molecular weight excluding hydrogens is 328 g/mol. The minimum absolute atomic E-state index is 0.0780. The predicted molar refractivity (Wildman–Crippen MR) is 99.1 cm³/mol. The molecule has 4 rings (SSSR count). The summed E-state index contributed by atoms with van der Waals surface area (Å²) in [4.78, 5) is 19.1. The Bertz CT molecular complexity index is 945. The minimum Gasteiger partial charge on any atom is -0.333 e. The van der Waals surface area contributed by atoms with E-state index in [0.717, 1.165) is 48.0 Å². The average molecular weight is 350 g/mol. The molecule has 0 spiro atoms. The number of amides is 1. The third-order valence-corrected chi connectivity index (χ3v) is 5.14. The van der Waals surface area contributed by atoms with Gasteiger partial charge in [0.15, 0.2) is 5.69 Å². The summed E-state index contributed by atoms with van der Waals surface area (Å²) >= 11 is 0. The first-order valence-electron chi connectivity index (χ1n) is 8.97. The predicted octanol–water partition coefficient (Wildman–Crippen LogP) is 2.08. The van der Waals surface area contributed by atoms with Crippen molar-refractivity contribution in [2.24, 2.45) is 5.73 Å². The fourth-order valence-electron chi connectivity index (χ4n) is 3.69. The van der Waals surface area contributed by atoms with Crippen molar-refractivity contribution < 1.29 is 4.79 Å². The second kappa shape index (κ2) is 6.84. The summed E-state index contributed by atoms with van der Waals surface area (Å²) in [6.45, 7) is 3.09. The second-order valence-electron chi connectivity index (χ2n) is 6.69. The van der Waals surface area contributed by atoms with E-state index in [0.29, 0.717) is 12.2 Å².